The summed E-state index contributed by atoms with van der Waals surface area (Å²) in [6, 6.07) is 3.94. The maximum atomic E-state index is 12.7. The van der Waals surface area contributed by atoms with Crippen LogP contribution in [0.2, 0.25) is 0 Å². The van der Waals surface area contributed by atoms with Gasteiger partial charge in [0.1, 0.15) is 17.2 Å². The molecule has 0 aromatic heterocycles. The minimum atomic E-state index is -0.644. The van der Waals surface area contributed by atoms with Crippen molar-refractivity contribution in [3.8, 4) is 17.2 Å². The second-order valence-corrected chi connectivity index (χ2v) is 5.10. The highest BCUT2D eigenvalue weighted by atomic mass is 16.5. The average Bonchev–Trinajstić information content (AvgIpc) is 2.47. The predicted octanol–water partition coefficient (Wildman–Crippen LogP) is 1.77. The molecule has 0 unspecified atom stereocenters. The van der Waals surface area contributed by atoms with Crippen LogP contribution in [-0.4, -0.2) is 28.9 Å². The monoisotopic (exact) mass is 299 g/mol. The topological polar surface area (TPSA) is 110 Å². The fourth-order valence-corrected chi connectivity index (χ4v) is 2.68. The Morgan fingerprint density at radius 3 is 2.23 bits per heavy atom. The number of ether oxygens (including phenoxy) is 1. The molecular weight excluding hydrogens is 286 g/mol. The van der Waals surface area contributed by atoms with Crippen LogP contribution in [0, 0.1) is 6.92 Å². The van der Waals surface area contributed by atoms with Crippen LogP contribution in [0.5, 0.6) is 17.2 Å². The summed E-state index contributed by atoms with van der Waals surface area (Å²) in [7, 11) is 1.38. The maximum absolute atomic E-state index is 12.7. The molecule has 0 saturated carbocycles. The van der Waals surface area contributed by atoms with Gasteiger partial charge in [0.2, 0.25) is 5.78 Å². The second-order valence-electron chi connectivity index (χ2n) is 5.10. The highest BCUT2D eigenvalue weighted by Gasteiger charge is 2.36. The average molecular weight is 299 g/mol. The van der Waals surface area contributed by atoms with Gasteiger partial charge in [-0.3, -0.25) is 9.59 Å². The number of aryl methyl sites for hydroxylation is 1. The molecule has 0 amide bonds. The van der Waals surface area contributed by atoms with E-state index in [1.165, 1.54) is 25.3 Å². The number of carbonyl (C=O) groups is 2. The number of benzene rings is 2. The number of hydrogen-bond acceptors (Lipinski definition) is 6. The molecule has 1 aliphatic carbocycles. The van der Waals surface area contributed by atoms with Gasteiger partial charge in [-0.15, -0.1) is 0 Å². The number of rotatable bonds is 1. The smallest absolute Gasteiger partial charge is 0.202 e. The Hall–Kier alpha value is -3.02. The van der Waals surface area contributed by atoms with Crippen molar-refractivity contribution in [1.82, 2.24) is 0 Å². The van der Waals surface area contributed by atoms with Crippen molar-refractivity contribution in [2.45, 2.75) is 6.92 Å². The van der Waals surface area contributed by atoms with Crippen molar-refractivity contribution >= 4 is 17.3 Å². The van der Waals surface area contributed by atoms with Crippen LogP contribution in [0.3, 0.4) is 0 Å². The lowest BCUT2D eigenvalue weighted by atomic mass is 9.81. The number of carbonyl (C=O) groups excluding carboxylic acids is 2. The van der Waals surface area contributed by atoms with Crippen molar-refractivity contribution in [2.24, 2.45) is 0 Å². The first-order valence-electron chi connectivity index (χ1n) is 6.49. The minimum Gasteiger partial charge on any atom is -0.507 e. The van der Waals surface area contributed by atoms with Gasteiger partial charge >= 0.3 is 0 Å². The molecule has 0 radical (unpaired) electrons. The van der Waals surface area contributed by atoms with Crippen molar-refractivity contribution in [2.75, 3.05) is 12.8 Å². The Labute approximate surface area is 125 Å². The normalized spacial score (nSPS) is 12.8. The third-order valence-corrected chi connectivity index (χ3v) is 3.81. The lowest BCUT2D eigenvalue weighted by Gasteiger charge is -2.22. The van der Waals surface area contributed by atoms with Crippen LogP contribution in [-0.2, 0) is 0 Å². The summed E-state index contributed by atoms with van der Waals surface area (Å²) in [5.41, 5.74) is 6.18. The summed E-state index contributed by atoms with van der Waals surface area (Å²) in [6.07, 6.45) is 0. The van der Waals surface area contributed by atoms with Crippen LogP contribution in [0.25, 0.3) is 0 Å². The van der Waals surface area contributed by atoms with E-state index in [1.54, 1.807) is 6.92 Å². The summed E-state index contributed by atoms with van der Waals surface area (Å²) in [5, 5.41) is 20.1. The van der Waals surface area contributed by atoms with Gasteiger partial charge in [-0.05, 0) is 24.6 Å². The Bertz CT molecular complexity index is 854. The molecule has 3 rings (SSSR count). The number of nitrogen functional groups attached to an aromatic ring is 1. The van der Waals surface area contributed by atoms with Gasteiger partial charge in [0.05, 0.1) is 23.8 Å². The van der Waals surface area contributed by atoms with Gasteiger partial charge in [-0.2, -0.15) is 0 Å². The molecule has 1 aliphatic rings. The van der Waals surface area contributed by atoms with E-state index in [0.29, 0.717) is 5.56 Å². The molecular formula is C16H13NO5. The highest BCUT2D eigenvalue weighted by Crippen LogP contribution is 2.41. The molecule has 0 spiro atoms. The Balaban J connectivity index is 2.40. The molecule has 2 aromatic rings. The third-order valence-electron chi connectivity index (χ3n) is 3.81. The maximum Gasteiger partial charge on any atom is 0.202 e. The summed E-state index contributed by atoms with van der Waals surface area (Å²) in [6.45, 7) is 1.63. The van der Waals surface area contributed by atoms with Crippen molar-refractivity contribution in [3.05, 3.63) is 46.0 Å². The van der Waals surface area contributed by atoms with Crippen molar-refractivity contribution in [1.29, 1.82) is 0 Å². The van der Waals surface area contributed by atoms with E-state index in [-0.39, 0.29) is 45.2 Å². The number of phenolic OH excluding ortho intramolecular Hbond substituents is 2. The number of phenols is 2. The number of fused-ring (bicyclic) bond motifs is 2. The summed E-state index contributed by atoms with van der Waals surface area (Å²) in [5.74, 6) is -1.64. The van der Waals surface area contributed by atoms with E-state index in [9.17, 15) is 19.8 Å². The molecule has 6 heteroatoms. The molecule has 0 fully saturated rings. The zero-order valence-electron chi connectivity index (χ0n) is 11.9. The fraction of sp³-hybridized carbons (Fsp3) is 0.125. The lowest BCUT2D eigenvalue weighted by molar-refractivity contribution is 0.0974. The Morgan fingerprint density at radius 1 is 0.955 bits per heavy atom. The van der Waals surface area contributed by atoms with Gasteiger partial charge < -0.3 is 20.7 Å². The second kappa shape index (κ2) is 4.49. The number of ketones is 2. The largest absolute Gasteiger partial charge is 0.507 e. The van der Waals surface area contributed by atoms with E-state index in [0.717, 1.165) is 0 Å². The third kappa shape index (κ3) is 1.67. The van der Waals surface area contributed by atoms with E-state index < -0.39 is 11.6 Å². The summed E-state index contributed by atoms with van der Waals surface area (Å²) in [4.78, 5) is 25.3. The zero-order valence-corrected chi connectivity index (χ0v) is 11.9. The number of hydrogen-bond donors (Lipinski definition) is 3. The van der Waals surface area contributed by atoms with Crippen LogP contribution < -0.4 is 10.5 Å². The number of aromatic hydroxyl groups is 2. The molecule has 112 valence electrons. The summed E-state index contributed by atoms with van der Waals surface area (Å²) < 4.78 is 5.01. The molecule has 0 atom stereocenters. The van der Waals surface area contributed by atoms with Crippen LogP contribution in [0.1, 0.15) is 37.4 Å². The number of methoxy groups -OCH3 is 1. The first kappa shape index (κ1) is 13.9. The van der Waals surface area contributed by atoms with Crippen LogP contribution in [0.4, 0.5) is 5.69 Å². The minimum absolute atomic E-state index is 0.00560. The molecule has 0 bridgehead atoms. The lowest BCUT2D eigenvalue weighted by Crippen LogP contribution is -2.23. The molecule has 0 aliphatic heterocycles. The first-order valence-corrected chi connectivity index (χ1v) is 6.49. The van der Waals surface area contributed by atoms with Crippen LogP contribution >= 0.6 is 0 Å². The fourth-order valence-electron chi connectivity index (χ4n) is 2.68. The van der Waals surface area contributed by atoms with Crippen molar-refractivity contribution < 1.29 is 24.5 Å². The van der Waals surface area contributed by atoms with E-state index in [1.807, 2.05) is 0 Å². The number of nitrogens with two attached hydrogens (primary N) is 1. The predicted molar refractivity (Wildman–Crippen MR) is 78.8 cm³/mol. The molecule has 6 nitrogen and oxygen atoms in total. The van der Waals surface area contributed by atoms with Crippen LogP contribution in [0.15, 0.2) is 18.2 Å². The molecule has 0 heterocycles. The Morgan fingerprint density at radius 2 is 1.59 bits per heavy atom. The Kier molecular flexibility index (Phi) is 2.84. The van der Waals surface area contributed by atoms with E-state index in [2.05, 4.69) is 0 Å². The van der Waals surface area contributed by atoms with Gasteiger partial charge in [-0.1, -0.05) is 0 Å². The molecule has 0 saturated heterocycles. The van der Waals surface area contributed by atoms with Gasteiger partial charge in [0, 0.05) is 17.3 Å². The molecule has 22 heavy (non-hydrogen) atoms. The first-order chi connectivity index (χ1) is 10.4. The van der Waals surface area contributed by atoms with E-state index in [4.69, 9.17) is 10.5 Å². The zero-order chi connectivity index (χ0) is 16.2. The van der Waals surface area contributed by atoms with Gasteiger partial charge in [0.15, 0.2) is 5.78 Å². The number of anilines is 1. The quantitative estimate of drug-likeness (QED) is 0.466. The highest BCUT2D eigenvalue weighted by molar-refractivity contribution is 6.32. The molecule has 2 aromatic carbocycles. The van der Waals surface area contributed by atoms with Gasteiger partial charge in [-0.25, -0.2) is 0 Å². The SMILES string of the molecule is COc1cc(O)c2c(c1)C(=O)c1c(N)c(C)cc(O)c1C2=O. The molecule has 4 N–H and O–H groups in total. The van der Waals surface area contributed by atoms with E-state index >= 15 is 0 Å². The van der Waals surface area contributed by atoms with Crippen molar-refractivity contribution in [3.63, 3.8) is 0 Å². The summed E-state index contributed by atoms with van der Waals surface area (Å²) >= 11 is 0. The standard InChI is InChI=1S/C16H13NO5/c1-6-3-9(18)12-13(14(6)17)15(20)8-4-7(22-2)5-10(19)11(8)16(12)21/h3-5,18-19H,17H2,1-2H3. The van der Waals surface area contributed by atoms with Gasteiger partial charge in [0.25, 0.3) is 0 Å².